The maximum Gasteiger partial charge on any atom is 0.229 e. The number of aromatic nitrogens is 4. The summed E-state index contributed by atoms with van der Waals surface area (Å²) in [7, 11) is 4.20. The summed E-state index contributed by atoms with van der Waals surface area (Å²) >= 11 is 0. The summed E-state index contributed by atoms with van der Waals surface area (Å²) in [5.41, 5.74) is 2.48. The van der Waals surface area contributed by atoms with Gasteiger partial charge in [-0.3, -0.25) is 20.1 Å². The zero-order chi connectivity index (χ0) is 19.5. The molecular weight excluding hydrogens is 352 g/mol. The summed E-state index contributed by atoms with van der Waals surface area (Å²) in [6.45, 7) is 0. The molecule has 0 saturated heterocycles. The van der Waals surface area contributed by atoms with Crippen LogP contribution in [0.2, 0.25) is 0 Å². The number of amides is 1. The molecule has 0 aliphatic heterocycles. The van der Waals surface area contributed by atoms with E-state index in [2.05, 4.69) is 44.2 Å². The van der Waals surface area contributed by atoms with Crippen molar-refractivity contribution >= 4 is 22.8 Å². The first-order valence-corrected chi connectivity index (χ1v) is 9.60. The van der Waals surface area contributed by atoms with Crippen LogP contribution in [-0.4, -0.2) is 50.9 Å². The minimum atomic E-state index is 0.0154. The van der Waals surface area contributed by atoms with E-state index in [0.29, 0.717) is 12.0 Å². The predicted octanol–water partition coefficient (Wildman–Crippen LogP) is 3.15. The maximum atomic E-state index is 12.6. The molecule has 1 aromatic carbocycles. The molecule has 0 bridgehead atoms. The van der Waals surface area contributed by atoms with Gasteiger partial charge < -0.3 is 4.90 Å². The van der Waals surface area contributed by atoms with Gasteiger partial charge in [0.1, 0.15) is 0 Å². The third-order valence-electron chi connectivity index (χ3n) is 5.47. The van der Waals surface area contributed by atoms with Gasteiger partial charge in [-0.25, -0.2) is 9.97 Å². The molecule has 1 N–H and O–H groups in total. The van der Waals surface area contributed by atoms with Crippen molar-refractivity contribution in [3.63, 3.8) is 0 Å². The molecule has 1 aliphatic rings. The highest BCUT2D eigenvalue weighted by Crippen LogP contribution is 2.27. The van der Waals surface area contributed by atoms with Crippen LogP contribution in [0.1, 0.15) is 25.7 Å². The summed E-state index contributed by atoms with van der Waals surface area (Å²) in [5, 5.41) is 3.82. The maximum absolute atomic E-state index is 12.6. The summed E-state index contributed by atoms with van der Waals surface area (Å²) < 4.78 is 0. The smallest absolute Gasteiger partial charge is 0.229 e. The molecule has 0 spiro atoms. The molecule has 1 aliphatic carbocycles. The fourth-order valence-electron chi connectivity index (χ4n) is 3.76. The van der Waals surface area contributed by atoms with Crippen LogP contribution < -0.4 is 5.32 Å². The normalized spacial score (nSPS) is 19.7. The molecule has 4 rings (SSSR count). The minimum Gasteiger partial charge on any atom is -0.306 e. The molecule has 3 aromatic rings. The van der Waals surface area contributed by atoms with E-state index in [1.54, 1.807) is 24.8 Å². The Labute approximate surface area is 164 Å². The van der Waals surface area contributed by atoms with E-state index >= 15 is 0 Å². The van der Waals surface area contributed by atoms with Gasteiger partial charge in [0.25, 0.3) is 0 Å². The van der Waals surface area contributed by atoms with Gasteiger partial charge in [0.2, 0.25) is 11.9 Å². The number of anilines is 1. The number of nitrogens with zero attached hydrogens (tertiary/aromatic N) is 5. The molecule has 0 radical (unpaired) electrons. The fourth-order valence-corrected chi connectivity index (χ4v) is 3.76. The van der Waals surface area contributed by atoms with E-state index in [0.717, 1.165) is 47.8 Å². The number of carbonyl (C=O) groups is 1. The van der Waals surface area contributed by atoms with E-state index in [1.165, 1.54) is 0 Å². The fraction of sp³-hybridized carbons (Fsp3) is 0.381. The molecule has 7 nitrogen and oxygen atoms in total. The van der Waals surface area contributed by atoms with Crippen molar-refractivity contribution in [2.45, 2.75) is 31.7 Å². The Bertz CT molecular complexity index is 967. The van der Waals surface area contributed by atoms with Crippen molar-refractivity contribution in [3.8, 4) is 11.3 Å². The second-order valence-corrected chi connectivity index (χ2v) is 7.52. The average Bonchev–Trinajstić information content (AvgIpc) is 2.74. The molecule has 144 valence electrons. The number of carbonyl (C=O) groups excluding carboxylic acids is 1. The topological polar surface area (TPSA) is 83.9 Å². The number of hydrogen-bond donors (Lipinski definition) is 1. The Morgan fingerprint density at radius 2 is 1.89 bits per heavy atom. The van der Waals surface area contributed by atoms with Crippen LogP contribution in [0, 0.1) is 5.92 Å². The van der Waals surface area contributed by atoms with E-state index in [-0.39, 0.29) is 11.8 Å². The van der Waals surface area contributed by atoms with Crippen LogP contribution in [0.25, 0.3) is 22.2 Å². The van der Waals surface area contributed by atoms with E-state index in [9.17, 15) is 4.79 Å². The quantitative estimate of drug-likeness (QED) is 0.753. The summed E-state index contributed by atoms with van der Waals surface area (Å²) in [6, 6.07) is 6.43. The summed E-state index contributed by atoms with van der Waals surface area (Å²) in [5.74, 6) is 0.395. The molecule has 2 aromatic heterocycles. The standard InChI is InChI=1S/C21H24N6O/c1-27(2)17-7-5-14(6-8-17)20(28)26-21-24-12-16-4-3-15(11-18(16)25-21)19-13-22-9-10-23-19/h3-4,9-14,17H,5-8H2,1-2H3,(H,24,25,26,28)/t14-,17-. The molecule has 1 fully saturated rings. The van der Waals surface area contributed by atoms with Gasteiger partial charge >= 0.3 is 0 Å². The molecule has 1 saturated carbocycles. The van der Waals surface area contributed by atoms with Crippen molar-refractivity contribution < 1.29 is 4.79 Å². The van der Waals surface area contributed by atoms with Crippen molar-refractivity contribution in [2.75, 3.05) is 19.4 Å². The van der Waals surface area contributed by atoms with Gasteiger partial charge in [-0.15, -0.1) is 0 Å². The summed E-state index contributed by atoms with van der Waals surface area (Å²) in [6.07, 6.45) is 10.7. The van der Waals surface area contributed by atoms with Gasteiger partial charge in [0.05, 0.1) is 17.4 Å². The Hall–Kier alpha value is -2.93. The lowest BCUT2D eigenvalue weighted by molar-refractivity contribution is -0.121. The lowest BCUT2D eigenvalue weighted by Crippen LogP contribution is -2.35. The second kappa shape index (κ2) is 7.98. The van der Waals surface area contributed by atoms with Gasteiger partial charge in [-0.1, -0.05) is 12.1 Å². The lowest BCUT2D eigenvalue weighted by Gasteiger charge is -2.31. The summed E-state index contributed by atoms with van der Waals surface area (Å²) in [4.78, 5) is 32.2. The number of benzene rings is 1. The van der Waals surface area contributed by atoms with E-state index < -0.39 is 0 Å². The van der Waals surface area contributed by atoms with Crippen LogP contribution in [-0.2, 0) is 4.79 Å². The monoisotopic (exact) mass is 376 g/mol. The second-order valence-electron chi connectivity index (χ2n) is 7.52. The highest BCUT2D eigenvalue weighted by atomic mass is 16.2. The van der Waals surface area contributed by atoms with Crippen LogP contribution in [0.3, 0.4) is 0 Å². The first-order valence-electron chi connectivity index (χ1n) is 9.60. The molecule has 7 heteroatoms. The highest BCUT2D eigenvalue weighted by molar-refractivity contribution is 5.92. The Kier molecular flexibility index (Phi) is 5.25. The molecule has 0 unspecified atom stereocenters. The number of hydrogen-bond acceptors (Lipinski definition) is 6. The zero-order valence-corrected chi connectivity index (χ0v) is 16.2. The predicted molar refractivity (Wildman–Crippen MR) is 109 cm³/mol. The van der Waals surface area contributed by atoms with Crippen molar-refractivity contribution in [1.82, 2.24) is 24.8 Å². The third kappa shape index (κ3) is 3.99. The van der Waals surface area contributed by atoms with Crippen LogP contribution in [0.5, 0.6) is 0 Å². The van der Waals surface area contributed by atoms with E-state index in [1.807, 2.05) is 18.2 Å². The molecule has 0 atom stereocenters. The number of fused-ring (bicyclic) bond motifs is 1. The van der Waals surface area contributed by atoms with Gasteiger partial charge in [0.15, 0.2) is 0 Å². The highest BCUT2D eigenvalue weighted by Gasteiger charge is 2.27. The minimum absolute atomic E-state index is 0.0154. The molecular formula is C21H24N6O. The van der Waals surface area contributed by atoms with Gasteiger partial charge in [-0.05, 0) is 45.8 Å². The zero-order valence-electron chi connectivity index (χ0n) is 16.2. The molecule has 2 heterocycles. The van der Waals surface area contributed by atoms with Crippen LogP contribution >= 0.6 is 0 Å². The van der Waals surface area contributed by atoms with Crippen LogP contribution in [0.4, 0.5) is 5.95 Å². The SMILES string of the molecule is CN(C)[C@H]1CC[C@H](C(=O)Nc2ncc3ccc(-c4cnccn4)cc3n2)CC1. The van der Waals surface area contributed by atoms with Crippen molar-refractivity contribution in [2.24, 2.45) is 5.92 Å². The van der Waals surface area contributed by atoms with Crippen molar-refractivity contribution in [1.29, 1.82) is 0 Å². The van der Waals surface area contributed by atoms with Gasteiger partial charge in [-0.2, -0.15) is 0 Å². The molecule has 28 heavy (non-hydrogen) atoms. The number of rotatable bonds is 4. The third-order valence-corrected chi connectivity index (χ3v) is 5.47. The largest absolute Gasteiger partial charge is 0.306 e. The van der Waals surface area contributed by atoms with E-state index in [4.69, 9.17) is 0 Å². The first kappa shape index (κ1) is 18.4. The number of nitrogens with one attached hydrogen (secondary N) is 1. The Balaban J connectivity index is 1.49. The molecule has 1 amide bonds. The lowest BCUT2D eigenvalue weighted by atomic mass is 9.85. The Morgan fingerprint density at radius 3 is 2.61 bits per heavy atom. The van der Waals surface area contributed by atoms with Gasteiger partial charge in [0, 0.05) is 41.5 Å². The van der Waals surface area contributed by atoms with Crippen LogP contribution in [0.15, 0.2) is 43.0 Å². The van der Waals surface area contributed by atoms with Crippen molar-refractivity contribution in [3.05, 3.63) is 43.0 Å². The average molecular weight is 376 g/mol. The first-order chi connectivity index (χ1) is 13.6. The Morgan fingerprint density at radius 1 is 1.07 bits per heavy atom.